The second kappa shape index (κ2) is 5.42. The molecule has 3 rings (SSSR count). The molecule has 0 aliphatic rings. The molecule has 0 saturated carbocycles. The van der Waals surface area contributed by atoms with Crippen LogP contribution >= 0.6 is 11.7 Å². The van der Waals surface area contributed by atoms with E-state index < -0.39 is 0 Å². The van der Waals surface area contributed by atoms with E-state index in [2.05, 4.69) is 50.2 Å². The largest absolute Gasteiger partial charge is 0.305 e. The van der Waals surface area contributed by atoms with Gasteiger partial charge in [-0.05, 0) is 30.3 Å². The summed E-state index contributed by atoms with van der Waals surface area (Å²) < 4.78 is 8.44. The predicted octanol–water partition coefficient (Wildman–Crippen LogP) is 2.79. The first-order valence-electron chi connectivity index (χ1n) is 6.24. The summed E-state index contributed by atoms with van der Waals surface area (Å²) in [6.45, 7) is 2.97. The van der Waals surface area contributed by atoms with Crippen LogP contribution in [0.3, 0.4) is 0 Å². The highest BCUT2D eigenvalue weighted by atomic mass is 32.1. The SMILES string of the molecule is CCNC(c1ccc2ncccc2c1)c1cnsn1. The van der Waals surface area contributed by atoms with Crippen molar-refractivity contribution in [3.05, 3.63) is 54.0 Å². The highest BCUT2D eigenvalue weighted by Crippen LogP contribution is 2.23. The summed E-state index contributed by atoms with van der Waals surface area (Å²) in [5.41, 5.74) is 3.17. The molecule has 1 atom stereocenters. The summed E-state index contributed by atoms with van der Waals surface area (Å²) in [5, 5.41) is 4.59. The number of hydrogen-bond acceptors (Lipinski definition) is 5. The fraction of sp³-hybridized carbons (Fsp3) is 0.214. The van der Waals surface area contributed by atoms with Crippen molar-refractivity contribution in [2.45, 2.75) is 13.0 Å². The third-order valence-electron chi connectivity index (χ3n) is 3.04. The second-order valence-electron chi connectivity index (χ2n) is 4.28. The Bertz CT molecular complexity index is 666. The standard InChI is InChI=1S/C14H14N4S/c1-2-15-14(13-9-17-19-18-13)11-5-6-12-10(8-11)4-3-7-16-12/h3-9,14-15H,2H2,1H3. The van der Waals surface area contributed by atoms with Crippen LogP contribution < -0.4 is 5.32 Å². The molecule has 5 heteroatoms. The van der Waals surface area contributed by atoms with Crippen molar-refractivity contribution < 1.29 is 0 Å². The maximum atomic E-state index is 4.34. The zero-order chi connectivity index (χ0) is 13.1. The van der Waals surface area contributed by atoms with Crippen molar-refractivity contribution in [2.24, 2.45) is 0 Å². The van der Waals surface area contributed by atoms with Gasteiger partial charge >= 0.3 is 0 Å². The van der Waals surface area contributed by atoms with Crippen molar-refractivity contribution in [3.8, 4) is 0 Å². The number of aromatic nitrogens is 3. The maximum Gasteiger partial charge on any atom is 0.0957 e. The lowest BCUT2D eigenvalue weighted by molar-refractivity contribution is 0.620. The normalized spacial score (nSPS) is 12.7. The lowest BCUT2D eigenvalue weighted by Gasteiger charge is -2.16. The van der Waals surface area contributed by atoms with Gasteiger partial charge in [0.05, 0.1) is 35.2 Å². The van der Waals surface area contributed by atoms with E-state index in [1.54, 1.807) is 0 Å². The van der Waals surface area contributed by atoms with Crippen LogP contribution in [0, 0.1) is 0 Å². The molecular weight excluding hydrogens is 256 g/mol. The molecule has 0 aliphatic heterocycles. The first kappa shape index (κ1) is 12.2. The molecular formula is C14H14N4S. The van der Waals surface area contributed by atoms with Crippen LogP contribution in [-0.2, 0) is 0 Å². The topological polar surface area (TPSA) is 50.7 Å². The van der Waals surface area contributed by atoms with Gasteiger partial charge in [0.25, 0.3) is 0 Å². The number of rotatable bonds is 4. The van der Waals surface area contributed by atoms with E-state index >= 15 is 0 Å². The second-order valence-corrected chi connectivity index (χ2v) is 4.84. The Morgan fingerprint density at radius 3 is 3.05 bits per heavy atom. The summed E-state index contributed by atoms with van der Waals surface area (Å²) >= 11 is 1.24. The van der Waals surface area contributed by atoms with Gasteiger partial charge in [-0.25, -0.2) is 0 Å². The summed E-state index contributed by atoms with van der Waals surface area (Å²) in [4.78, 5) is 4.34. The Kier molecular flexibility index (Phi) is 3.48. The Morgan fingerprint density at radius 1 is 1.32 bits per heavy atom. The minimum Gasteiger partial charge on any atom is -0.305 e. The molecule has 19 heavy (non-hydrogen) atoms. The molecule has 3 aromatic rings. The first-order chi connectivity index (χ1) is 9.38. The Balaban J connectivity index is 2.05. The van der Waals surface area contributed by atoms with Crippen LogP contribution in [0.4, 0.5) is 0 Å². The van der Waals surface area contributed by atoms with Gasteiger partial charge in [-0.15, -0.1) is 0 Å². The Labute approximate surface area is 115 Å². The molecule has 0 saturated heterocycles. The van der Waals surface area contributed by atoms with E-state index in [1.165, 1.54) is 17.3 Å². The molecule has 96 valence electrons. The van der Waals surface area contributed by atoms with Crippen LogP contribution in [0.5, 0.6) is 0 Å². The van der Waals surface area contributed by atoms with Crippen LogP contribution in [0.25, 0.3) is 10.9 Å². The molecule has 1 unspecified atom stereocenters. The molecule has 0 bridgehead atoms. The van der Waals surface area contributed by atoms with Crippen molar-refractivity contribution >= 4 is 22.6 Å². The molecule has 0 aliphatic carbocycles. The number of hydrogen-bond donors (Lipinski definition) is 1. The number of pyridine rings is 1. The molecule has 4 nitrogen and oxygen atoms in total. The zero-order valence-corrected chi connectivity index (χ0v) is 11.4. The van der Waals surface area contributed by atoms with E-state index in [0.29, 0.717) is 0 Å². The third kappa shape index (κ3) is 2.47. The highest BCUT2D eigenvalue weighted by Gasteiger charge is 2.15. The summed E-state index contributed by atoms with van der Waals surface area (Å²) in [7, 11) is 0. The maximum absolute atomic E-state index is 4.34. The molecule has 1 N–H and O–H groups in total. The Hall–Kier alpha value is -1.85. The van der Waals surface area contributed by atoms with Crippen molar-refractivity contribution in [1.82, 2.24) is 19.0 Å². The highest BCUT2D eigenvalue weighted by molar-refractivity contribution is 6.99. The van der Waals surface area contributed by atoms with Gasteiger partial charge in [0, 0.05) is 11.6 Å². The number of fused-ring (bicyclic) bond motifs is 1. The minimum atomic E-state index is 0.0911. The van der Waals surface area contributed by atoms with Crippen LogP contribution in [0.1, 0.15) is 24.2 Å². The molecule has 1 aromatic carbocycles. The lowest BCUT2D eigenvalue weighted by atomic mass is 10.0. The van der Waals surface area contributed by atoms with Gasteiger partial charge in [-0.1, -0.05) is 19.1 Å². The lowest BCUT2D eigenvalue weighted by Crippen LogP contribution is -2.22. The quantitative estimate of drug-likeness (QED) is 0.792. The zero-order valence-electron chi connectivity index (χ0n) is 10.6. The summed E-state index contributed by atoms with van der Waals surface area (Å²) in [6, 6.07) is 10.4. The van der Waals surface area contributed by atoms with E-state index in [9.17, 15) is 0 Å². The van der Waals surface area contributed by atoms with Gasteiger partial charge in [0.2, 0.25) is 0 Å². The van der Waals surface area contributed by atoms with Crippen molar-refractivity contribution in [2.75, 3.05) is 6.54 Å². The average Bonchev–Trinajstić information content (AvgIpc) is 2.98. The summed E-state index contributed by atoms with van der Waals surface area (Å²) in [5.74, 6) is 0. The molecule has 2 aromatic heterocycles. The molecule has 0 radical (unpaired) electrons. The van der Waals surface area contributed by atoms with Gasteiger partial charge in [0.15, 0.2) is 0 Å². The van der Waals surface area contributed by atoms with E-state index in [1.807, 2.05) is 18.5 Å². The molecule has 0 amide bonds. The molecule has 2 heterocycles. The van der Waals surface area contributed by atoms with Crippen molar-refractivity contribution in [1.29, 1.82) is 0 Å². The van der Waals surface area contributed by atoms with Crippen molar-refractivity contribution in [3.63, 3.8) is 0 Å². The Morgan fingerprint density at radius 2 is 2.26 bits per heavy atom. The van der Waals surface area contributed by atoms with Gasteiger partial charge < -0.3 is 5.32 Å². The van der Waals surface area contributed by atoms with E-state index in [4.69, 9.17) is 0 Å². The van der Waals surface area contributed by atoms with Crippen LogP contribution in [0.15, 0.2) is 42.7 Å². The fourth-order valence-corrected chi connectivity index (χ4v) is 2.62. The van der Waals surface area contributed by atoms with E-state index in [0.717, 1.165) is 23.1 Å². The monoisotopic (exact) mass is 270 g/mol. The minimum absolute atomic E-state index is 0.0911. The van der Waals surface area contributed by atoms with Crippen LogP contribution in [0.2, 0.25) is 0 Å². The fourth-order valence-electron chi connectivity index (χ4n) is 2.17. The molecule has 0 spiro atoms. The van der Waals surface area contributed by atoms with Gasteiger partial charge in [0.1, 0.15) is 0 Å². The first-order valence-corrected chi connectivity index (χ1v) is 6.97. The summed E-state index contributed by atoms with van der Waals surface area (Å²) in [6.07, 6.45) is 3.64. The number of nitrogens with one attached hydrogen (secondary N) is 1. The average molecular weight is 270 g/mol. The predicted molar refractivity (Wildman–Crippen MR) is 77.2 cm³/mol. The smallest absolute Gasteiger partial charge is 0.0957 e. The third-order valence-corrected chi connectivity index (χ3v) is 3.53. The molecule has 0 fully saturated rings. The van der Waals surface area contributed by atoms with E-state index in [-0.39, 0.29) is 6.04 Å². The number of benzene rings is 1. The number of nitrogens with zero attached hydrogens (tertiary/aromatic N) is 3. The van der Waals surface area contributed by atoms with Gasteiger partial charge in [-0.3, -0.25) is 4.98 Å². The van der Waals surface area contributed by atoms with Gasteiger partial charge in [-0.2, -0.15) is 8.75 Å². The van der Waals surface area contributed by atoms with Crippen LogP contribution in [-0.4, -0.2) is 20.3 Å².